The van der Waals surface area contributed by atoms with Crippen LogP contribution >= 0.6 is 15.9 Å². The van der Waals surface area contributed by atoms with E-state index in [1.165, 1.54) is 7.11 Å². The molecule has 0 spiro atoms. The van der Waals surface area contributed by atoms with Crippen LogP contribution in [0.15, 0.2) is 28.7 Å². The monoisotopic (exact) mass is 298 g/mol. The van der Waals surface area contributed by atoms with Crippen molar-refractivity contribution < 1.29 is 14.3 Å². The molecular weight excluding hydrogens is 284 g/mol. The number of carbonyl (C=O) groups is 2. The van der Waals surface area contributed by atoms with Crippen LogP contribution in [0.2, 0.25) is 0 Å². The number of benzene rings is 1. The number of methoxy groups -OCH3 is 1. The zero-order chi connectivity index (χ0) is 12.8. The van der Waals surface area contributed by atoms with Crippen LogP contribution in [-0.4, -0.2) is 18.9 Å². The van der Waals surface area contributed by atoms with E-state index in [4.69, 9.17) is 0 Å². The number of ether oxygens (including phenoxy) is 1. The van der Waals surface area contributed by atoms with Crippen LogP contribution in [0.25, 0.3) is 0 Å². The van der Waals surface area contributed by atoms with Gasteiger partial charge in [0.15, 0.2) is 0 Å². The van der Waals surface area contributed by atoms with Crippen molar-refractivity contribution >= 4 is 27.7 Å². The fourth-order valence-electron chi connectivity index (χ4n) is 1.50. The molecule has 3 nitrogen and oxygen atoms in total. The van der Waals surface area contributed by atoms with Crippen molar-refractivity contribution in [2.75, 3.05) is 7.11 Å². The Balaban J connectivity index is 2.60. The second-order valence-electron chi connectivity index (χ2n) is 3.92. The van der Waals surface area contributed by atoms with Crippen molar-refractivity contribution in [1.29, 1.82) is 0 Å². The molecule has 1 rings (SSSR count). The quantitative estimate of drug-likeness (QED) is 0.620. The third kappa shape index (κ3) is 4.30. The Labute approximate surface area is 109 Å². The van der Waals surface area contributed by atoms with E-state index < -0.39 is 5.97 Å². The molecule has 1 aromatic rings. The highest BCUT2D eigenvalue weighted by molar-refractivity contribution is 9.10. The SMILES string of the molecule is COC(=O)CC(=O)C(C)Cc1ccccc1Br. The molecule has 0 aliphatic heterocycles. The maximum absolute atomic E-state index is 11.7. The molecule has 0 fully saturated rings. The van der Waals surface area contributed by atoms with Crippen LogP contribution in [0.4, 0.5) is 0 Å². The fraction of sp³-hybridized carbons (Fsp3) is 0.385. The first kappa shape index (κ1) is 13.9. The van der Waals surface area contributed by atoms with Gasteiger partial charge in [0.2, 0.25) is 0 Å². The Morgan fingerprint density at radius 2 is 2.00 bits per heavy atom. The Hall–Kier alpha value is -1.16. The second kappa shape index (κ2) is 6.55. The number of esters is 1. The molecule has 0 aliphatic carbocycles. The number of hydrogen-bond donors (Lipinski definition) is 0. The normalized spacial score (nSPS) is 11.9. The number of rotatable bonds is 5. The molecule has 0 radical (unpaired) electrons. The van der Waals surface area contributed by atoms with Crippen molar-refractivity contribution in [1.82, 2.24) is 0 Å². The summed E-state index contributed by atoms with van der Waals surface area (Å²) in [5.41, 5.74) is 1.07. The van der Waals surface area contributed by atoms with Gasteiger partial charge in [0.05, 0.1) is 7.11 Å². The Morgan fingerprint density at radius 1 is 1.35 bits per heavy atom. The highest BCUT2D eigenvalue weighted by atomic mass is 79.9. The number of ketones is 1. The smallest absolute Gasteiger partial charge is 0.313 e. The fourth-order valence-corrected chi connectivity index (χ4v) is 1.94. The van der Waals surface area contributed by atoms with E-state index in [9.17, 15) is 9.59 Å². The van der Waals surface area contributed by atoms with Gasteiger partial charge in [0.1, 0.15) is 12.2 Å². The van der Waals surface area contributed by atoms with E-state index in [-0.39, 0.29) is 18.1 Å². The van der Waals surface area contributed by atoms with Gasteiger partial charge in [0.25, 0.3) is 0 Å². The van der Waals surface area contributed by atoms with Gasteiger partial charge in [-0.05, 0) is 18.1 Å². The summed E-state index contributed by atoms with van der Waals surface area (Å²) in [4.78, 5) is 22.7. The van der Waals surface area contributed by atoms with Crippen LogP contribution in [0.1, 0.15) is 18.9 Å². The number of halogens is 1. The molecule has 0 saturated carbocycles. The molecule has 0 heterocycles. The summed E-state index contributed by atoms with van der Waals surface area (Å²) in [6, 6.07) is 7.75. The summed E-state index contributed by atoms with van der Waals surface area (Å²) in [6.45, 7) is 1.82. The number of carbonyl (C=O) groups excluding carboxylic acids is 2. The minimum absolute atomic E-state index is 0.0902. The second-order valence-corrected chi connectivity index (χ2v) is 4.77. The van der Waals surface area contributed by atoms with Crippen LogP contribution in [0, 0.1) is 5.92 Å². The third-order valence-corrected chi connectivity index (χ3v) is 3.35. The lowest BCUT2D eigenvalue weighted by Crippen LogP contribution is -2.18. The molecular formula is C13H15BrO3. The van der Waals surface area contributed by atoms with Crippen LogP contribution < -0.4 is 0 Å². The highest BCUT2D eigenvalue weighted by Crippen LogP contribution is 2.20. The lowest BCUT2D eigenvalue weighted by atomic mass is 9.95. The van der Waals surface area contributed by atoms with Gasteiger partial charge in [-0.25, -0.2) is 0 Å². The minimum atomic E-state index is -0.478. The zero-order valence-electron chi connectivity index (χ0n) is 9.90. The molecule has 92 valence electrons. The number of Topliss-reactive ketones (excluding diaryl/α,β-unsaturated/α-hetero) is 1. The van der Waals surface area contributed by atoms with Crippen molar-refractivity contribution in [2.24, 2.45) is 5.92 Å². The highest BCUT2D eigenvalue weighted by Gasteiger charge is 2.18. The Bertz CT molecular complexity index is 415. The Morgan fingerprint density at radius 3 is 2.59 bits per heavy atom. The van der Waals surface area contributed by atoms with Gasteiger partial charge in [-0.15, -0.1) is 0 Å². The molecule has 1 unspecified atom stereocenters. The minimum Gasteiger partial charge on any atom is -0.469 e. The molecule has 4 heteroatoms. The van der Waals surface area contributed by atoms with E-state index in [1.807, 2.05) is 31.2 Å². The van der Waals surface area contributed by atoms with Gasteiger partial charge >= 0.3 is 5.97 Å². The molecule has 0 N–H and O–H groups in total. The van der Waals surface area contributed by atoms with Gasteiger partial charge in [-0.1, -0.05) is 41.1 Å². The van der Waals surface area contributed by atoms with Gasteiger partial charge in [0, 0.05) is 10.4 Å². The summed E-state index contributed by atoms with van der Waals surface area (Å²) in [6.07, 6.45) is 0.472. The van der Waals surface area contributed by atoms with E-state index in [0.717, 1.165) is 10.0 Å². The lowest BCUT2D eigenvalue weighted by Gasteiger charge is -2.11. The first-order valence-corrected chi connectivity index (χ1v) is 6.16. The van der Waals surface area contributed by atoms with E-state index in [0.29, 0.717) is 6.42 Å². The Kier molecular flexibility index (Phi) is 5.35. The average molecular weight is 299 g/mol. The zero-order valence-corrected chi connectivity index (χ0v) is 11.5. The van der Waals surface area contributed by atoms with Crippen molar-refractivity contribution in [3.05, 3.63) is 34.3 Å². The van der Waals surface area contributed by atoms with Crippen molar-refractivity contribution in [3.8, 4) is 0 Å². The first-order chi connectivity index (χ1) is 8.04. The van der Waals surface area contributed by atoms with E-state index >= 15 is 0 Å². The van der Waals surface area contributed by atoms with E-state index in [1.54, 1.807) is 0 Å². The van der Waals surface area contributed by atoms with Crippen molar-refractivity contribution in [2.45, 2.75) is 19.8 Å². The predicted octanol–water partition coefficient (Wildman–Crippen LogP) is 2.76. The van der Waals surface area contributed by atoms with Crippen LogP contribution in [0.5, 0.6) is 0 Å². The predicted molar refractivity (Wildman–Crippen MR) is 68.7 cm³/mol. The standard InChI is InChI=1S/C13H15BrO3/c1-9(12(15)8-13(16)17-2)7-10-5-3-4-6-11(10)14/h3-6,9H,7-8H2,1-2H3. The molecule has 1 aromatic carbocycles. The number of hydrogen-bond acceptors (Lipinski definition) is 3. The molecule has 0 bridgehead atoms. The molecule has 17 heavy (non-hydrogen) atoms. The average Bonchev–Trinajstić information content (AvgIpc) is 2.31. The van der Waals surface area contributed by atoms with Gasteiger partial charge < -0.3 is 4.74 Å². The molecule has 1 atom stereocenters. The molecule has 0 aromatic heterocycles. The van der Waals surface area contributed by atoms with Gasteiger partial charge in [-0.2, -0.15) is 0 Å². The van der Waals surface area contributed by atoms with Crippen molar-refractivity contribution in [3.63, 3.8) is 0 Å². The summed E-state index contributed by atoms with van der Waals surface area (Å²) < 4.78 is 5.46. The topological polar surface area (TPSA) is 43.4 Å². The maximum atomic E-state index is 11.7. The van der Waals surface area contributed by atoms with Crippen LogP contribution in [0.3, 0.4) is 0 Å². The molecule has 0 amide bonds. The van der Waals surface area contributed by atoms with E-state index in [2.05, 4.69) is 20.7 Å². The summed E-state index contributed by atoms with van der Waals surface area (Å²) in [5.74, 6) is -0.755. The van der Waals surface area contributed by atoms with Gasteiger partial charge in [-0.3, -0.25) is 9.59 Å². The summed E-state index contributed by atoms with van der Waals surface area (Å²) >= 11 is 3.44. The first-order valence-electron chi connectivity index (χ1n) is 5.37. The summed E-state index contributed by atoms with van der Waals surface area (Å²) in [7, 11) is 1.29. The largest absolute Gasteiger partial charge is 0.469 e. The maximum Gasteiger partial charge on any atom is 0.313 e. The van der Waals surface area contributed by atoms with Crippen LogP contribution in [-0.2, 0) is 20.7 Å². The summed E-state index contributed by atoms with van der Waals surface area (Å²) in [5, 5.41) is 0. The molecule has 0 saturated heterocycles. The molecule has 0 aliphatic rings. The lowest BCUT2D eigenvalue weighted by molar-refractivity contribution is -0.144. The third-order valence-electron chi connectivity index (χ3n) is 2.58.